The number of fused-ring (bicyclic) bond motifs is 3. The molecule has 0 saturated heterocycles. The van der Waals surface area contributed by atoms with E-state index < -0.39 is 18.1 Å². The summed E-state index contributed by atoms with van der Waals surface area (Å²) in [5, 5.41) is 13.3. The van der Waals surface area contributed by atoms with Crippen LogP contribution in [0.25, 0.3) is 11.1 Å². The van der Waals surface area contributed by atoms with Gasteiger partial charge in [-0.2, -0.15) is 0 Å². The summed E-state index contributed by atoms with van der Waals surface area (Å²) in [6, 6.07) is 24.2. The standard InChI is InChI=1S/C29H30N2O6/c1-20(32)31(37-18-21-10-3-2-4-11-21)17-9-16-27(28(33)34)30-29(35)36-19-26-24-14-7-5-12-22(24)23-13-6-8-15-25(23)26/h2-8,10-15,26-27H,9,16-19H2,1H3,(H,30,35)(H,33,34)/t27-/m0/s1. The Labute approximate surface area is 215 Å². The first kappa shape index (κ1) is 25.9. The first-order valence-corrected chi connectivity index (χ1v) is 12.2. The molecule has 0 spiro atoms. The van der Waals surface area contributed by atoms with Crippen molar-refractivity contribution in [2.45, 2.75) is 38.3 Å². The third-order valence-corrected chi connectivity index (χ3v) is 6.37. The molecular weight excluding hydrogens is 472 g/mol. The molecule has 0 fully saturated rings. The molecule has 0 radical (unpaired) electrons. The van der Waals surface area contributed by atoms with Crippen LogP contribution in [-0.2, 0) is 25.8 Å². The highest BCUT2D eigenvalue weighted by Gasteiger charge is 2.29. The van der Waals surface area contributed by atoms with E-state index in [-0.39, 0.29) is 38.0 Å². The van der Waals surface area contributed by atoms with Gasteiger partial charge in [0.15, 0.2) is 0 Å². The van der Waals surface area contributed by atoms with E-state index >= 15 is 0 Å². The van der Waals surface area contributed by atoms with Crippen LogP contribution in [-0.4, -0.2) is 47.3 Å². The van der Waals surface area contributed by atoms with Crippen molar-refractivity contribution in [3.63, 3.8) is 0 Å². The summed E-state index contributed by atoms with van der Waals surface area (Å²) in [6.45, 7) is 1.89. The molecule has 0 saturated carbocycles. The van der Waals surface area contributed by atoms with Crippen molar-refractivity contribution in [2.75, 3.05) is 13.2 Å². The summed E-state index contributed by atoms with van der Waals surface area (Å²) in [5.74, 6) is -1.58. The van der Waals surface area contributed by atoms with Gasteiger partial charge in [-0.3, -0.25) is 9.63 Å². The Morgan fingerprint density at radius 2 is 1.51 bits per heavy atom. The van der Waals surface area contributed by atoms with Crippen molar-refractivity contribution in [3.8, 4) is 11.1 Å². The van der Waals surface area contributed by atoms with Crippen molar-refractivity contribution < 1.29 is 29.1 Å². The van der Waals surface area contributed by atoms with Crippen molar-refractivity contribution in [2.24, 2.45) is 0 Å². The molecule has 2 N–H and O–H groups in total. The third kappa shape index (κ3) is 6.54. The Hall–Kier alpha value is -4.17. The molecule has 37 heavy (non-hydrogen) atoms. The minimum absolute atomic E-state index is 0.0949. The van der Waals surface area contributed by atoms with Crippen LogP contribution >= 0.6 is 0 Å². The summed E-state index contributed by atoms with van der Waals surface area (Å²) >= 11 is 0. The average Bonchev–Trinajstić information content (AvgIpc) is 3.22. The number of carbonyl (C=O) groups excluding carboxylic acids is 2. The molecular formula is C29H30N2O6. The van der Waals surface area contributed by atoms with E-state index in [0.717, 1.165) is 27.8 Å². The minimum Gasteiger partial charge on any atom is -0.480 e. The van der Waals surface area contributed by atoms with Crippen LogP contribution in [0.2, 0.25) is 0 Å². The zero-order chi connectivity index (χ0) is 26.2. The van der Waals surface area contributed by atoms with Gasteiger partial charge in [-0.15, -0.1) is 0 Å². The Bertz CT molecular complexity index is 1200. The minimum atomic E-state index is -1.17. The summed E-state index contributed by atoms with van der Waals surface area (Å²) in [4.78, 5) is 41.8. The molecule has 0 unspecified atom stereocenters. The van der Waals surface area contributed by atoms with Gasteiger partial charge in [0.25, 0.3) is 0 Å². The average molecular weight is 503 g/mol. The molecule has 0 aliphatic heterocycles. The quantitative estimate of drug-likeness (QED) is 0.367. The van der Waals surface area contributed by atoms with E-state index in [4.69, 9.17) is 9.57 Å². The molecule has 4 rings (SSSR count). The van der Waals surface area contributed by atoms with Crippen LogP contribution in [0, 0.1) is 0 Å². The van der Waals surface area contributed by atoms with Gasteiger partial charge in [-0.05, 0) is 40.7 Å². The van der Waals surface area contributed by atoms with Crippen LogP contribution in [0.5, 0.6) is 0 Å². The first-order chi connectivity index (χ1) is 17.9. The van der Waals surface area contributed by atoms with Crippen LogP contribution < -0.4 is 5.32 Å². The lowest BCUT2D eigenvalue weighted by Crippen LogP contribution is -2.42. The smallest absolute Gasteiger partial charge is 0.407 e. The van der Waals surface area contributed by atoms with Gasteiger partial charge >= 0.3 is 12.1 Å². The molecule has 192 valence electrons. The molecule has 1 atom stereocenters. The van der Waals surface area contributed by atoms with Gasteiger partial charge in [-0.1, -0.05) is 78.9 Å². The van der Waals surface area contributed by atoms with Gasteiger partial charge < -0.3 is 15.2 Å². The fraction of sp³-hybridized carbons (Fsp3) is 0.276. The number of aliphatic carboxylic acids is 1. The van der Waals surface area contributed by atoms with Crippen molar-refractivity contribution in [1.82, 2.24) is 10.4 Å². The Balaban J connectivity index is 1.28. The number of carboxylic acid groups (broad SMARTS) is 1. The molecule has 2 amide bonds. The predicted octanol–water partition coefficient (Wildman–Crippen LogP) is 4.74. The summed E-state index contributed by atoms with van der Waals surface area (Å²) < 4.78 is 5.47. The second-order valence-corrected chi connectivity index (χ2v) is 8.88. The van der Waals surface area contributed by atoms with Crippen LogP contribution in [0.1, 0.15) is 42.4 Å². The van der Waals surface area contributed by atoms with E-state index in [1.165, 1.54) is 12.0 Å². The van der Waals surface area contributed by atoms with Gasteiger partial charge in [-0.25, -0.2) is 14.7 Å². The molecule has 0 heterocycles. The number of carboxylic acids is 1. The number of ether oxygens (including phenoxy) is 1. The molecule has 1 aliphatic carbocycles. The Kier molecular flexibility index (Phi) is 8.53. The number of rotatable bonds is 11. The zero-order valence-corrected chi connectivity index (χ0v) is 20.6. The van der Waals surface area contributed by atoms with Crippen LogP contribution in [0.4, 0.5) is 4.79 Å². The summed E-state index contributed by atoms with van der Waals surface area (Å²) in [6.07, 6.45) is -0.370. The number of hydrogen-bond donors (Lipinski definition) is 2. The second-order valence-electron chi connectivity index (χ2n) is 8.88. The molecule has 1 aliphatic rings. The highest BCUT2D eigenvalue weighted by molar-refractivity contribution is 5.81. The number of benzene rings is 3. The third-order valence-electron chi connectivity index (χ3n) is 6.37. The number of nitrogens with zero attached hydrogens (tertiary/aromatic N) is 1. The number of alkyl carbamates (subject to hydrolysis) is 1. The SMILES string of the molecule is CC(=O)N(CCC[C@H](NC(=O)OCC1c2ccccc2-c2ccccc21)C(=O)O)OCc1ccccc1. The molecule has 3 aromatic rings. The van der Waals surface area contributed by atoms with Crippen LogP contribution in [0.3, 0.4) is 0 Å². The number of carbonyl (C=O) groups is 3. The summed E-state index contributed by atoms with van der Waals surface area (Å²) in [5.41, 5.74) is 5.28. The Morgan fingerprint density at radius 3 is 2.11 bits per heavy atom. The second kappa shape index (κ2) is 12.2. The van der Waals surface area contributed by atoms with E-state index in [0.29, 0.717) is 6.42 Å². The maximum absolute atomic E-state index is 12.5. The van der Waals surface area contributed by atoms with E-state index in [2.05, 4.69) is 5.32 Å². The van der Waals surface area contributed by atoms with E-state index in [1.807, 2.05) is 78.9 Å². The van der Waals surface area contributed by atoms with Gasteiger partial charge in [0.05, 0.1) is 0 Å². The lowest BCUT2D eigenvalue weighted by molar-refractivity contribution is -0.189. The van der Waals surface area contributed by atoms with Crippen molar-refractivity contribution >= 4 is 18.0 Å². The number of amides is 2. The maximum atomic E-state index is 12.5. The van der Waals surface area contributed by atoms with Crippen molar-refractivity contribution in [3.05, 3.63) is 95.6 Å². The molecule has 3 aromatic carbocycles. The van der Waals surface area contributed by atoms with Crippen LogP contribution in [0.15, 0.2) is 78.9 Å². The summed E-state index contributed by atoms with van der Waals surface area (Å²) in [7, 11) is 0. The van der Waals surface area contributed by atoms with Gasteiger partial charge in [0, 0.05) is 19.4 Å². The van der Waals surface area contributed by atoms with E-state index in [1.54, 1.807) is 0 Å². The fourth-order valence-electron chi connectivity index (χ4n) is 4.52. The van der Waals surface area contributed by atoms with Gasteiger partial charge in [0.1, 0.15) is 19.3 Å². The topological polar surface area (TPSA) is 105 Å². The van der Waals surface area contributed by atoms with E-state index in [9.17, 15) is 19.5 Å². The van der Waals surface area contributed by atoms with Gasteiger partial charge in [0.2, 0.25) is 5.91 Å². The first-order valence-electron chi connectivity index (χ1n) is 12.2. The number of nitrogens with one attached hydrogen (secondary N) is 1. The lowest BCUT2D eigenvalue weighted by atomic mass is 9.98. The number of hydrogen-bond acceptors (Lipinski definition) is 5. The van der Waals surface area contributed by atoms with Crippen molar-refractivity contribution in [1.29, 1.82) is 0 Å². The Morgan fingerprint density at radius 1 is 0.919 bits per heavy atom. The highest BCUT2D eigenvalue weighted by atomic mass is 16.7. The lowest BCUT2D eigenvalue weighted by Gasteiger charge is -2.22. The highest BCUT2D eigenvalue weighted by Crippen LogP contribution is 2.44. The molecule has 0 aromatic heterocycles. The maximum Gasteiger partial charge on any atom is 0.407 e. The monoisotopic (exact) mass is 502 g/mol. The predicted molar refractivity (Wildman–Crippen MR) is 137 cm³/mol. The number of hydroxylamine groups is 2. The normalized spacial score (nSPS) is 12.8. The largest absolute Gasteiger partial charge is 0.480 e. The molecule has 0 bridgehead atoms. The molecule has 8 nitrogen and oxygen atoms in total. The zero-order valence-electron chi connectivity index (χ0n) is 20.6. The molecule has 8 heteroatoms. The fourth-order valence-corrected chi connectivity index (χ4v) is 4.52.